The molecule has 0 unspecified atom stereocenters. The Morgan fingerprint density at radius 3 is 2.58 bits per heavy atom. The molecule has 8 heteroatoms. The summed E-state index contributed by atoms with van der Waals surface area (Å²) >= 11 is 1.52. The van der Waals surface area contributed by atoms with Crippen molar-refractivity contribution < 1.29 is 9.53 Å². The maximum Gasteiger partial charge on any atom is 0.262 e. The largest absolute Gasteiger partial charge is 0.492 e. The quantitative estimate of drug-likeness (QED) is 0.516. The van der Waals surface area contributed by atoms with E-state index in [1.165, 1.54) is 22.2 Å². The second kappa shape index (κ2) is 10.5. The highest BCUT2D eigenvalue weighted by molar-refractivity contribution is 7.18. The van der Waals surface area contributed by atoms with Gasteiger partial charge in [0.25, 0.3) is 5.56 Å². The highest BCUT2D eigenvalue weighted by Crippen LogP contribution is 2.25. The van der Waals surface area contributed by atoms with Crippen molar-refractivity contribution in [1.29, 1.82) is 0 Å². The van der Waals surface area contributed by atoms with E-state index in [9.17, 15) is 9.59 Å². The lowest BCUT2D eigenvalue weighted by Crippen LogP contribution is -2.27. The first-order chi connectivity index (χ1) is 14.9. The van der Waals surface area contributed by atoms with Gasteiger partial charge >= 0.3 is 0 Å². The van der Waals surface area contributed by atoms with E-state index in [-0.39, 0.29) is 24.4 Å². The molecular weight excluding hydrogens is 412 g/mol. The molecule has 0 radical (unpaired) electrons. The molecule has 0 saturated heterocycles. The van der Waals surface area contributed by atoms with Crippen LogP contribution in [-0.2, 0) is 11.3 Å². The zero-order chi connectivity index (χ0) is 22.4. The Bertz CT molecular complexity index is 1080. The van der Waals surface area contributed by atoms with Crippen LogP contribution in [0.25, 0.3) is 10.2 Å². The van der Waals surface area contributed by atoms with Gasteiger partial charge in [-0.25, -0.2) is 4.98 Å². The lowest BCUT2D eigenvalue weighted by Gasteiger charge is -2.18. The van der Waals surface area contributed by atoms with E-state index in [1.807, 2.05) is 38.1 Å². The molecule has 1 amide bonds. The molecule has 7 nitrogen and oxygen atoms in total. The zero-order valence-electron chi connectivity index (χ0n) is 18.6. The molecule has 0 bridgehead atoms. The van der Waals surface area contributed by atoms with Crippen molar-refractivity contribution >= 4 is 33.1 Å². The third-order valence-electron chi connectivity index (χ3n) is 5.44. The van der Waals surface area contributed by atoms with Gasteiger partial charge in [-0.05, 0) is 56.8 Å². The number of hydrogen-bond acceptors (Lipinski definition) is 6. The number of fused-ring (bicyclic) bond motifs is 1. The van der Waals surface area contributed by atoms with Crippen molar-refractivity contribution in [2.45, 2.75) is 40.7 Å². The first-order valence-corrected chi connectivity index (χ1v) is 11.4. The number of hydrogen-bond donors (Lipinski definition) is 1. The van der Waals surface area contributed by atoms with Crippen LogP contribution in [0.4, 0.5) is 5.69 Å². The second-order valence-electron chi connectivity index (χ2n) is 7.40. The first-order valence-electron chi connectivity index (χ1n) is 10.6. The highest BCUT2D eigenvalue weighted by Gasteiger charge is 2.13. The Morgan fingerprint density at radius 1 is 1.19 bits per heavy atom. The lowest BCUT2D eigenvalue weighted by atomic mass is 10.2. The summed E-state index contributed by atoms with van der Waals surface area (Å²) in [6.07, 6.45) is 1.72. The normalized spacial score (nSPS) is 11.3. The molecular formula is C23H30N4O3S. The van der Waals surface area contributed by atoms with Crippen LogP contribution in [0.1, 0.15) is 30.7 Å². The van der Waals surface area contributed by atoms with Gasteiger partial charge in [-0.3, -0.25) is 14.2 Å². The number of aromatic nitrogens is 2. The van der Waals surface area contributed by atoms with Gasteiger partial charge in [-0.1, -0.05) is 13.8 Å². The van der Waals surface area contributed by atoms with Crippen LogP contribution in [-0.4, -0.2) is 46.6 Å². The minimum absolute atomic E-state index is 0.0918. The van der Waals surface area contributed by atoms with Crippen molar-refractivity contribution in [1.82, 2.24) is 14.5 Å². The predicted molar refractivity (Wildman–Crippen MR) is 126 cm³/mol. The number of nitrogens with zero attached hydrogens (tertiary/aromatic N) is 3. The van der Waals surface area contributed by atoms with Crippen molar-refractivity contribution in [3.8, 4) is 5.75 Å². The second-order valence-corrected chi connectivity index (χ2v) is 8.61. The van der Waals surface area contributed by atoms with Crippen LogP contribution >= 0.6 is 11.3 Å². The summed E-state index contributed by atoms with van der Waals surface area (Å²) in [5, 5.41) is 3.52. The molecule has 1 N–H and O–H groups in total. The third-order valence-corrected chi connectivity index (χ3v) is 6.56. The molecule has 166 valence electrons. The first kappa shape index (κ1) is 23.0. The van der Waals surface area contributed by atoms with Gasteiger partial charge in [-0.15, -0.1) is 11.3 Å². The summed E-state index contributed by atoms with van der Waals surface area (Å²) < 4.78 is 7.27. The molecule has 2 heterocycles. The van der Waals surface area contributed by atoms with Gasteiger partial charge in [0.05, 0.1) is 11.7 Å². The summed E-state index contributed by atoms with van der Waals surface area (Å²) in [4.78, 5) is 33.6. The smallest absolute Gasteiger partial charge is 0.262 e. The van der Waals surface area contributed by atoms with Crippen LogP contribution in [0.15, 0.2) is 35.4 Å². The minimum atomic E-state index is -0.152. The van der Waals surface area contributed by atoms with Crippen LogP contribution < -0.4 is 15.6 Å². The molecule has 2 aromatic heterocycles. The average Bonchev–Trinajstić information content (AvgIpc) is 3.06. The molecule has 0 aliphatic carbocycles. The number of ether oxygens (including phenoxy) is 1. The third kappa shape index (κ3) is 5.71. The van der Waals surface area contributed by atoms with E-state index in [0.29, 0.717) is 17.7 Å². The summed E-state index contributed by atoms with van der Waals surface area (Å²) in [5.41, 5.74) is 1.58. The number of benzene rings is 1. The monoisotopic (exact) mass is 442 g/mol. The van der Waals surface area contributed by atoms with E-state index in [4.69, 9.17) is 4.74 Å². The Kier molecular flexibility index (Phi) is 7.81. The number of nitrogens with one attached hydrogen (secondary N) is 1. The van der Waals surface area contributed by atoms with E-state index in [2.05, 4.69) is 29.0 Å². The van der Waals surface area contributed by atoms with Crippen LogP contribution in [0.5, 0.6) is 5.75 Å². The summed E-state index contributed by atoms with van der Waals surface area (Å²) in [5.74, 6) is 0.623. The summed E-state index contributed by atoms with van der Waals surface area (Å²) in [6, 6.07) is 7.34. The molecule has 31 heavy (non-hydrogen) atoms. The van der Waals surface area contributed by atoms with E-state index >= 15 is 0 Å². The molecule has 1 aromatic carbocycles. The van der Waals surface area contributed by atoms with E-state index in [1.54, 1.807) is 0 Å². The Labute approximate surface area is 186 Å². The zero-order valence-corrected chi connectivity index (χ0v) is 19.4. The van der Waals surface area contributed by atoms with E-state index in [0.717, 1.165) is 40.7 Å². The standard InChI is InChI=1S/C23H30N4O3S/c1-5-26(6-2)13-14-30-19-9-7-18(8-10-19)25-20(28)11-12-27-15-24-22-21(23(27)29)16(3)17(4)31-22/h7-10,15H,5-6,11-14H2,1-4H3,(H,25,28). The molecule has 0 atom stereocenters. The van der Waals surface area contributed by atoms with Crippen molar-refractivity contribution in [2.24, 2.45) is 0 Å². The number of amides is 1. The number of anilines is 1. The molecule has 3 aromatic rings. The Morgan fingerprint density at radius 2 is 1.90 bits per heavy atom. The molecule has 0 saturated carbocycles. The minimum Gasteiger partial charge on any atom is -0.492 e. The Hall–Kier alpha value is -2.71. The van der Waals surface area contributed by atoms with Gasteiger partial charge in [0.15, 0.2) is 0 Å². The van der Waals surface area contributed by atoms with Gasteiger partial charge in [0, 0.05) is 30.1 Å². The molecule has 0 spiro atoms. The fourth-order valence-electron chi connectivity index (χ4n) is 3.34. The number of rotatable bonds is 10. The SMILES string of the molecule is CCN(CC)CCOc1ccc(NC(=O)CCn2cnc3sc(C)c(C)c3c2=O)cc1. The average molecular weight is 443 g/mol. The summed E-state index contributed by atoms with van der Waals surface area (Å²) in [6.45, 7) is 12.0. The molecule has 0 fully saturated rings. The summed E-state index contributed by atoms with van der Waals surface area (Å²) in [7, 11) is 0. The molecule has 0 aliphatic heterocycles. The van der Waals surface area contributed by atoms with Crippen LogP contribution in [0.3, 0.4) is 0 Å². The highest BCUT2D eigenvalue weighted by atomic mass is 32.1. The van der Waals surface area contributed by atoms with Crippen molar-refractivity contribution in [2.75, 3.05) is 31.6 Å². The number of carbonyl (C=O) groups excluding carboxylic acids is 1. The van der Waals surface area contributed by atoms with Crippen molar-refractivity contribution in [3.63, 3.8) is 0 Å². The fourth-order valence-corrected chi connectivity index (χ4v) is 4.33. The van der Waals surface area contributed by atoms with E-state index < -0.39 is 0 Å². The number of thiophene rings is 1. The van der Waals surface area contributed by atoms with Crippen LogP contribution in [0.2, 0.25) is 0 Å². The molecule has 0 aliphatic rings. The van der Waals surface area contributed by atoms with Gasteiger partial charge in [0.2, 0.25) is 5.91 Å². The lowest BCUT2D eigenvalue weighted by molar-refractivity contribution is -0.116. The predicted octanol–water partition coefficient (Wildman–Crippen LogP) is 3.82. The maximum absolute atomic E-state index is 12.7. The topological polar surface area (TPSA) is 76.5 Å². The van der Waals surface area contributed by atoms with Crippen LogP contribution in [0, 0.1) is 13.8 Å². The maximum atomic E-state index is 12.7. The fraction of sp³-hybridized carbons (Fsp3) is 0.435. The Balaban J connectivity index is 1.52. The molecule has 3 rings (SSSR count). The van der Waals surface area contributed by atoms with Gasteiger partial charge in [-0.2, -0.15) is 0 Å². The number of aryl methyl sites for hydroxylation is 3. The van der Waals surface area contributed by atoms with Crippen molar-refractivity contribution in [3.05, 3.63) is 51.4 Å². The number of carbonyl (C=O) groups is 1. The van der Waals surface area contributed by atoms with Gasteiger partial charge < -0.3 is 15.0 Å². The van der Waals surface area contributed by atoms with Gasteiger partial charge in [0.1, 0.15) is 17.2 Å². The number of likely N-dealkylation sites (N-methyl/N-ethyl adjacent to an activating group) is 1.